The molecule has 6 aromatic heterocycles. The molecule has 1 aromatic carbocycles. The maximum atomic E-state index is 13.9. The molecule has 3 aliphatic rings. The number of methoxy groups -OCH3 is 1. The van der Waals surface area contributed by atoms with Crippen LogP contribution in [-0.2, 0) is 77.5 Å². The first-order chi connectivity index (χ1) is 38.6. The SMILES string of the molecule is COC1[C@@H](OP(=O)([O-])O[C@H]2O[C@@H](n3cnc4c(=O)[nH]c(N)nc43)C(O)[C@H]2O)[C@@H](COP(=O)([O-])OP(=O)([O-])OP(=O)([O-])OC[C@H]2O[C@@H]([n+]3cn(C)c4c([O-])nc(N)nc43)C(O)C2O)O[C@H]1n1cnc2c(NCc3ccc(C)cc3)ncnc21. The second kappa shape index (κ2) is 22.6. The number of fused-ring (bicyclic) bond motifs is 3. The first kappa shape index (κ1) is 59.2. The lowest BCUT2D eigenvalue weighted by Gasteiger charge is -2.35. The van der Waals surface area contributed by atoms with Gasteiger partial charge in [-0.25, -0.2) is 38.1 Å². The predicted molar refractivity (Wildman–Crippen MR) is 256 cm³/mol. The predicted octanol–water partition coefficient (Wildman–Crippen LogP) is -5.16. The number of hydrogen-bond donors (Lipinski definition) is 8. The molecule has 0 amide bonds. The van der Waals surface area contributed by atoms with Crippen molar-refractivity contribution in [3.63, 3.8) is 0 Å². The Bertz CT molecular complexity index is 3800. The van der Waals surface area contributed by atoms with Gasteiger partial charge in [0.1, 0.15) is 55.2 Å². The van der Waals surface area contributed by atoms with Crippen LogP contribution >= 0.6 is 31.3 Å². The third-order valence-corrected chi connectivity index (χ3v) is 17.8. The molecule has 0 radical (unpaired) electrons. The topological polar surface area (TPSA) is 563 Å². The van der Waals surface area contributed by atoms with E-state index in [-0.39, 0.29) is 51.8 Å². The molecule has 39 nitrogen and oxygen atoms in total. The molecule has 0 saturated carbocycles. The summed E-state index contributed by atoms with van der Waals surface area (Å²) in [5.74, 6) is -1.44. The zero-order valence-electron chi connectivity index (χ0n) is 42.0. The van der Waals surface area contributed by atoms with E-state index in [0.717, 1.165) is 46.4 Å². The highest BCUT2D eigenvalue weighted by Gasteiger charge is 2.52. The molecular formula is C39H45N15O24P4-4. The van der Waals surface area contributed by atoms with Crippen molar-refractivity contribution < 1.29 is 114 Å². The van der Waals surface area contributed by atoms with Crippen LogP contribution in [0, 0.1) is 6.92 Å². The highest BCUT2D eigenvalue weighted by Crippen LogP contribution is 2.63. The van der Waals surface area contributed by atoms with Crippen LogP contribution in [0.25, 0.3) is 33.5 Å². The maximum Gasteiger partial charge on any atom is 0.309 e. The largest absolute Gasteiger partial charge is 0.856 e. The lowest BCUT2D eigenvalue weighted by molar-refractivity contribution is -0.745. The van der Waals surface area contributed by atoms with Crippen LogP contribution in [0.15, 0.2) is 54.4 Å². The molecule has 16 atom stereocenters. The molecule has 10 N–H and O–H groups in total. The van der Waals surface area contributed by atoms with Crippen molar-refractivity contribution in [1.29, 1.82) is 0 Å². The van der Waals surface area contributed by atoms with E-state index in [9.17, 15) is 68.2 Å². The number of anilines is 3. The van der Waals surface area contributed by atoms with E-state index < -0.39 is 136 Å². The van der Waals surface area contributed by atoms with E-state index in [1.54, 1.807) is 0 Å². The number of phosphoric ester groups is 3. The Hall–Kier alpha value is -5.93. The third kappa shape index (κ3) is 12.1. The number of nitrogens with zero attached hydrogens (tertiary/aromatic N) is 11. The van der Waals surface area contributed by atoms with Crippen LogP contribution in [0.2, 0.25) is 0 Å². The number of hydrogen-bond acceptors (Lipinski definition) is 34. The Kier molecular flexibility index (Phi) is 16.3. The van der Waals surface area contributed by atoms with Gasteiger partial charge in [-0.05, 0) is 12.5 Å². The van der Waals surface area contributed by atoms with Crippen LogP contribution in [0.1, 0.15) is 29.8 Å². The van der Waals surface area contributed by atoms with Gasteiger partial charge in [0.2, 0.25) is 12.2 Å². The van der Waals surface area contributed by atoms with Gasteiger partial charge in [-0.2, -0.15) is 4.98 Å². The van der Waals surface area contributed by atoms with E-state index in [1.165, 1.54) is 22.5 Å². The number of aliphatic hydroxyl groups excluding tert-OH is 4. The summed E-state index contributed by atoms with van der Waals surface area (Å²) in [5, 5.41) is 59.0. The summed E-state index contributed by atoms with van der Waals surface area (Å²) < 4.78 is 108. The van der Waals surface area contributed by atoms with Crippen molar-refractivity contribution in [2.45, 2.75) is 87.3 Å². The van der Waals surface area contributed by atoms with Gasteiger partial charge in [0.15, 0.2) is 58.7 Å². The number of phosphoric acid groups is 4. The lowest BCUT2D eigenvalue weighted by atomic mass is 10.1. The van der Waals surface area contributed by atoms with E-state index in [2.05, 4.69) is 58.3 Å². The van der Waals surface area contributed by atoms with Crippen LogP contribution in [0.5, 0.6) is 5.88 Å². The molecule has 444 valence electrons. The van der Waals surface area contributed by atoms with Gasteiger partial charge >= 0.3 is 5.65 Å². The van der Waals surface area contributed by atoms with Gasteiger partial charge in [-0.1, -0.05) is 34.8 Å². The second-order valence-corrected chi connectivity index (χ2v) is 24.1. The number of nitrogens with one attached hydrogen (secondary N) is 2. The molecule has 82 heavy (non-hydrogen) atoms. The van der Waals surface area contributed by atoms with Crippen molar-refractivity contribution >= 4 is 82.5 Å². The van der Waals surface area contributed by atoms with Crippen LogP contribution < -0.4 is 51.6 Å². The summed E-state index contributed by atoms with van der Waals surface area (Å²) in [7, 11) is -22.7. The van der Waals surface area contributed by atoms with Crippen molar-refractivity contribution in [3.05, 3.63) is 71.1 Å². The quantitative estimate of drug-likeness (QED) is 0.0246. The number of aromatic nitrogens is 12. The number of nitrogens with two attached hydrogens (primary N) is 2. The third-order valence-electron chi connectivity index (χ3n) is 12.7. The van der Waals surface area contributed by atoms with Gasteiger partial charge in [-0.15, -0.1) is 0 Å². The fraction of sp³-hybridized carbons (Fsp3) is 0.462. The Labute approximate surface area is 457 Å². The van der Waals surface area contributed by atoms with E-state index in [4.69, 9.17) is 44.0 Å². The van der Waals surface area contributed by atoms with Crippen molar-refractivity contribution in [2.75, 3.05) is 37.1 Å². The molecule has 8 unspecified atom stereocenters. The monoisotopic (exact) mass is 1230 g/mol. The summed E-state index contributed by atoms with van der Waals surface area (Å²) in [6.45, 7) is -0.534. The molecule has 10 rings (SSSR count). The first-order valence-corrected chi connectivity index (χ1v) is 29.4. The first-order valence-electron chi connectivity index (χ1n) is 23.6. The Morgan fingerprint density at radius 2 is 1.41 bits per heavy atom. The minimum absolute atomic E-state index is 0.0166. The molecule has 3 aliphatic heterocycles. The minimum atomic E-state index is -6.63. The zero-order chi connectivity index (χ0) is 59.0. The average Bonchev–Trinajstić information content (AvgIpc) is 2.93. The average molecular weight is 1230 g/mol. The minimum Gasteiger partial charge on any atom is -0.856 e. The van der Waals surface area contributed by atoms with Crippen LogP contribution in [0.4, 0.5) is 17.7 Å². The second-order valence-electron chi connectivity index (χ2n) is 18.3. The lowest BCUT2D eigenvalue weighted by Crippen LogP contribution is -2.46. The van der Waals surface area contributed by atoms with Gasteiger partial charge in [-0.3, -0.25) is 46.3 Å². The van der Waals surface area contributed by atoms with Gasteiger partial charge in [0.25, 0.3) is 42.8 Å². The van der Waals surface area contributed by atoms with Crippen molar-refractivity contribution in [3.8, 4) is 5.88 Å². The van der Waals surface area contributed by atoms with Crippen LogP contribution in [-0.4, -0.2) is 149 Å². The van der Waals surface area contributed by atoms with Crippen molar-refractivity contribution in [2.24, 2.45) is 7.05 Å². The number of H-pyrrole nitrogens is 1. The molecule has 0 bridgehead atoms. The normalized spacial score (nSPS) is 28.8. The van der Waals surface area contributed by atoms with Gasteiger partial charge in [0.05, 0.1) is 32.9 Å². The molecule has 0 aliphatic carbocycles. The molecular weight excluding hydrogens is 1190 g/mol. The number of aromatic amines is 1. The highest BCUT2D eigenvalue weighted by atomic mass is 31.3. The van der Waals surface area contributed by atoms with Gasteiger partial charge in [0, 0.05) is 19.5 Å². The number of nitrogen functional groups attached to an aromatic ring is 2. The molecule has 3 fully saturated rings. The Morgan fingerprint density at radius 1 is 0.756 bits per heavy atom. The van der Waals surface area contributed by atoms with Crippen LogP contribution in [0.3, 0.4) is 0 Å². The van der Waals surface area contributed by atoms with E-state index in [0.29, 0.717) is 0 Å². The van der Waals surface area contributed by atoms with E-state index in [1.807, 2.05) is 31.2 Å². The molecule has 7 aromatic rings. The Balaban J connectivity index is 0.843. The number of aliphatic hydroxyl groups is 4. The summed E-state index contributed by atoms with van der Waals surface area (Å²) in [5.41, 5.74) is 11.7. The van der Waals surface area contributed by atoms with E-state index >= 15 is 0 Å². The van der Waals surface area contributed by atoms with Crippen molar-refractivity contribution in [1.82, 2.24) is 53.6 Å². The fourth-order valence-electron chi connectivity index (χ4n) is 9.03. The molecule has 43 heteroatoms. The summed E-state index contributed by atoms with van der Waals surface area (Å²) in [6.07, 6.45) is -18.3. The fourth-order valence-corrected chi connectivity index (χ4v) is 13.4. The zero-order valence-corrected chi connectivity index (χ0v) is 45.6. The standard InChI is InChI=1S/C39H49N15O24P4/c1-15-4-6-16(7-5-15)8-42-28-19-29(44-11-43-28)52(12-45-19)36-27(69-3)26(75-81(65,66)76-37-25(58)24(57)34(74-37)53-13-46-20-30(53)47-38(40)49-32(20)59)18(73-36)10-71-80(63,64)78-82(67,68)77-79(61,62)70-9-17-22(55)23(56)35(72-17)54-14-51(2)21-31(54)48-39(41)50-33(21)60/h4-7,11-14,17-18,22-27,34-37,55-58H,8-10H2,1-3H3,(H10-,40,41,42,43,44,47,48,49,50,59,60,61,62,63,64,65,66,67,68)/p-4/t17-,18-,22?,23?,24?,25-,26+,27?,34-,35-,36-,37-/m1/s1. The maximum absolute atomic E-state index is 13.9. The molecule has 3 saturated heterocycles. The summed E-state index contributed by atoms with van der Waals surface area (Å²) in [4.78, 5) is 95.5. The molecule has 0 spiro atoms. The molecule has 9 heterocycles. The number of imidazole rings is 3. The van der Waals surface area contributed by atoms with Gasteiger partial charge < -0.3 is 94.4 Å². The highest BCUT2D eigenvalue weighted by molar-refractivity contribution is 7.65. The summed E-state index contributed by atoms with van der Waals surface area (Å²) in [6, 6.07) is 7.53. The Morgan fingerprint density at radius 3 is 2.10 bits per heavy atom. The number of rotatable bonds is 21. The smallest absolute Gasteiger partial charge is 0.309 e. The summed E-state index contributed by atoms with van der Waals surface area (Å²) >= 11 is 0. The number of benzene rings is 1. The number of aryl methyl sites for hydroxylation is 2. The number of ether oxygens (including phenoxy) is 4.